The Labute approximate surface area is 160 Å². The molecule has 0 bridgehead atoms. The molecule has 3 heterocycles. The maximum absolute atomic E-state index is 13.1. The standard InChI is InChI=1S/C16H19F3N4O3.ClH/c1-26-9-8-22-14(25)23(13(24)15(22)3-6-20-7-4-15)12-10-11(2-5-21-12)16(17,18)19;/h2,5,10,20H,3-4,6-9H2,1H3;1H. The highest BCUT2D eigenvalue weighted by molar-refractivity contribution is 6.22. The molecule has 1 aromatic rings. The van der Waals surface area contributed by atoms with Crippen molar-refractivity contribution in [3.05, 3.63) is 23.9 Å². The smallest absolute Gasteiger partial charge is 0.383 e. The van der Waals surface area contributed by atoms with Crippen molar-refractivity contribution in [3.63, 3.8) is 0 Å². The molecule has 11 heteroatoms. The number of pyridine rings is 1. The van der Waals surface area contributed by atoms with Gasteiger partial charge in [0.2, 0.25) is 0 Å². The van der Waals surface area contributed by atoms with Crippen LogP contribution < -0.4 is 10.2 Å². The van der Waals surface area contributed by atoms with Crippen LogP contribution in [0.2, 0.25) is 0 Å². The Balaban J connectivity index is 0.00000261. The number of imide groups is 1. The van der Waals surface area contributed by atoms with Gasteiger partial charge in [-0.15, -0.1) is 12.4 Å². The number of urea groups is 1. The molecular weight excluding hydrogens is 389 g/mol. The summed E-state index contributed by atoms with van der Waals surface area (Å²) in [6.07, 6.45) is -2.87. The predicted molar refractivity (Wildman–Crippen MR) is 92.8 cm³/mol. The van der Waals surface area contributed by atoms with E-state index in [0.717, 1.165) is 23.2 Å². The average Bonchev–Trinajstić information content (AvgIpc) is 2.80. The third kappa shape index (κ3) is 3.74. The van der Waals surface area contributed by atoms with Gasteiger partial charge in [-0.1, -0.05) is 0 Å². The van der Waals surface area contributed by atoms with E-state index in [9.17, 15) is 22.8 Å². The number of amides is 3. The number of nitrogens with one attached hydrogen (secondary N) is 1. The summed E-state index contributed by atoms with van der Waals surface area (Å²) in [5, 5.41) is 3.13. The van der Waals surface area contributed by atoms with E-state index in [-0.39, 0.29) is 31.4 Å². The van der Waals surface area contributed by atoms with Crippen molar-refractivity contribution < 1.29 is 27.5 Å². The van der Waals surface area contributed by atoms with Crippen molar-refractivity contribution in [1.82, 2.24) is 15.2 Å². The minimum Gasteiger partial charge on any atom is -0.383 e. The highest BCUT2D eigenvalue weighted by Crippen LogP contribution is 2.38. The van der Waals surface area contributed by atoms with Gasteiger partial charge in [0.05, 0.1) is 12.2 Å². The van der Waals surface area contributed by atoms with Crippen LogP contribution in [-0.2, 0) is 15.7 Å². The van der Waals surface area contributed by atoms with Crippen LogP contribution in [0.25, 0.3) is 0 Å². The van der Waals surface area contributed by atoms with Gasteiger partial charge in [0.25, 0.3) is 5.91 Å². The zero-order valence-electron chi connectivity index (χ0n) is 14.6. The van der Waals surface area contributed by atoms with Crippen LogP contribution in [0.5, 0.6) is 0 Å². The quantitative estimate of drug-likeness (QED) is 0.772. The van der Waals surface area contributed by atoms with Crippen LogP contribution in [0.4, 0.5) is 23.8 Å². The Morgan fingerprint density at radius 2 is 1.96 bits per heavy atom. The first-order chi connectivity index (χ1) is 12.3. The molecule has 0 saturated carbocycles. The number of methoxy groups -OCH3 is 1. The molecule has 27 heavy (non-hydrogen) atoms. The van der Waals surface area contributed by atoms with Crippen molar-refractivity contribution in [1.29, 1.82) is 0 Å². The zero-order valence-corrected chi connectivity index (χ0v) is 15.4. The SMILES string of the molecule is COCCN1C(=O)N(c2cc(C(F)(F)F)ccn2)C(=O)C12CCNCC2.Cl. The topological polar surface area (TPSA) is 74.8 Å². The number of hydrogen-bond acceptors (Lipinski definition) is 5. The number of piperidine rings is 1. The highest BCUT2D eigenvalue weighted by atomic mass is 35.5. The number of nitrogens with zero attached hydrogens (tertiary/aromatic N) is 3. The number of carbonyl (C=O) groups excluding carboxylic acids is 2. The van der Waals surface area contributed by atoms with Crippen molar-refractivity contribution in [3.8, 4) is 0 Å². The van der Waals surface area contributed by atoms with E-state index in [4.69, 9.17) is 4.74 Å². The van der Waals surface area contributed by atoms with Gasteiger partial charge >= 0.3 is 12.2 Å². The van der Waals surface area contributed by atoms with Gasteiger partial charge in [-0.2, -0.15) is 13.2 Å². The Morgan fingerprint density at radius 3 is 2.56 bits per heavy atom. The molecule has 0 unspecified atom stereocenters. The third-order valence-corrected chi connectivity index (χ3v) is 4.79. The first kappa shape index (κ1) is 21.4. The molecule has 0 aromatic carbocycles. The summed E-state index contributed by atoms with van der Waals surface area (Å²) < 4.78 is 44.0. The van der Waals surface area contributed by atoms with Gasteiger partial charge in [0.1, 0.15) is 11.4 Å². The Morgan fingerprint density at radius 1 is 1.30 bits per heavy atom. The first-order valence-corrected chi connectivity index (χ1v) is 8.20. The molecule has 0 aliphatic carbocycles. The first-order valence-electron chi connectivity index (χ1n) is 8.20. The highest BCUT2D eigenvalue weighted by Gasteiger charge is 2.58. The summed E-state index contributed by atoms with van der Waals surface area (Å²) in [6, 6.07) is 0.864. The normalized spacial score (nSPS) is 19.6. The second-order valence-electron chi connectivity index (χ2n) is 6.25. The molecule has 7 nitrogen and oxygen atoms in total. The van der Waals surface area contributed by atoms with Gasteiger partial charge in [-0.05, 0) is 38.1 Å². The van der Waals surface area contributed by atoms with E-state index in [1.807, 2.05) is 0 Å². The number of ether oxygens (including phenoxy) is 1. The second kappa shape index (κ2) is 7.99. The minimum absolute atomic E-state index is 0. The molecule has 0 atom stereocenters. The third-order valence-electron chi connectivity index (χ3n) is 4.79. The molecule has 1 N–H and O–H groups in total. The fourth-order valence-electron chi connectivity index (χ4n) is 3.45. The van der Waals surface area contributed by atoms with E-state index >= 15 is 0 Å². The van der Waals surface area contributed by atoms with Crippen LogP contribution >= 0.6 is 12.4 Å². The molecule has 1 spiro atoms. The van der Waals surface area contributed by atoms with Crippen LogP contribution in [0.3, 0.4) is 0 Å². The average molecular weight is 409 g/mol. The van der Waals surface area contributed by atoms with Crippen molar-refractivity contribution >= 4 is 30.2 Å². The molecule has 150 valence electrons. The van der Waals surface area contributed by atoms with E-state index in [0.29, 0.717) is 25.9 Å². The summed E-state index contributed by atoms with van der Waals surface area (Å²) in [6.45, 7) is 1.47. The van der Waals surface area contributed by atoms with Gasteiger partial charge in [0, 0.05) is 19.9 Å². The number of halogens is 4. The molecule has 0 radical (unpaired) electrons. The fourth-order valence-corrected chi connectivity index (χ4v) is 3.45. The molecular formula is C16H20ClF3N4O3. The Bertz CT molecular complexity index is 710. The number of aromatic nitrogens is 1. The van der Waals surface area contributed by atoms with Gasteiger partial charge in [-0.25, -0.2) is 14.7 Å². The number of rotatable bonds is 4. The van der Waals surface area contributed by atoms with E-state index < -0.39 is 29.2 Å². The molecule has 2 fully saturated rings. The lowest BCUT2D eigenvalue weighted by molar-refractivity contribution is -0.137. The lowest BCUT2D eigenvalue weighted by Crippen LogP contribution is -2.56. The summed E-state index contributed by atoms with van der Waals surface area (Å²) in [5.41, 5.74) is -2.03. The molecule has 2 saturated heterocycles. The summed E-state index contributed by atoms with van der Waals surface area (Å²) in [5.74, 6) is -0.848. The Kier molecular flexibility index (Phi) is 6.33. The van der Waals surface area contributed by atoms with Gasteiger partial charge in [0.15, 0.2) is 0 Å². The molecule has 2 aliphatic rings. The van der Waals surface area contributed by atoms with Crippen LogP contribution in [0.15, 0.2) is 18.3 Å². The summed E-state index contributed by atoms with van der Waals surface area (Å²) in [7, 11) is 1.48. The van der Waals surface area contributed by atoms with Crippen molar-refractivity contribution in [2.75, 3.05) is 38.3 Å². The molecule has 3 rings (SSSR count). The zero-order chi connectivity index (χ0) is 18.9. The second-order valence-corrected chi connectivity index (χ2v) is 6.25. The van der Waals surface area contributed by atoms with E-state index in [1.165, 1.54) is 12.0 Å². The van der Waals surface area contributed by atoms with Gasteiger partial charge in [-0.3, -0.25) is 4.79 Å². The summed E-state index contributed by atoms with van der Waals surface area (Å²) >= 11 is 0. The predicted octanol–water partition coefficient (Wildman–Crippen LogP) is 2.06. The van der Waals surface area contributed by atoms with Crippen LogP contribution in [-0.4, -0.2) is 60.7 Å². The summed E-state index contributed by atoms with van der Waals surface area (Å²) in [4.78, 5) is 32.0. The maximum Gasteiger partial charge on any atom is 0.416 e. The number of anilines is 1. The monoisotopic (exact) mass is 408 g/mol. The van der Waals surface area contributed by atoms with Crippen LogP contribution in [0.1, 0.15) is 18.4 Å². The largest absolute Gasteiger partial charge is 0.416 e. The minimum atomic E-state index is -4.59. The molecule has 1 aromatic heterocycles. The number of carbonyl (C=O) groups is 2. The number of alkyl halides is 3. The van der Waals surface area contributed by atoms with Gasteiger partial charge < -0.3 is 15.0 Å². The van der Waals surface area contributed by atoms with E-state index in [2.05, 4.69) is 10.3 Å². The fraction of sp³-hybridized carbons (Fsp3) is 0.562. The molecule has 3 amide bonds. The lowest BCUT2D eigenvalue weighted by atomic mass is 9.86. The number of hydrogen-bond donors (Lipinski definition) is 1. The van der Waals surface area contributed by atoms with Crippen molar-refractivity contribution in [2.45, 2.75) is 24.6 Å². The van der Waals surface area contributed by atoms with E-state index in [1.54, 1.807) is 0 Å². The van der Waals surface area contributed by atoms with Crippen molar-refractivity contribution in [2.24, 2.45) is 0 Å². The maximum atomic E-state index is 13.1. The molecule has 2 aliphatic heterocycles. The lowest BCUT2D eigenvalue weighted by Gasteiger charge is -2.38. The Hall–Kier alpha value is -1.91. The van der Waals surface area contributed by atoms with Crippen LogP contribution in [0, 0.1) is 0 Å².